The molecule has 416 valence electrons. The van der Waals surface area contributed by atoms with Crippen molar-refractivity contribution in [2.24, 2.45) is 0 Å². The van der Waals surface area contributed by atoms with Crippen molar-refractivity contribution in [3.63, 3.8) is 0 Å². The Morgan fingerprint density at radius 2 is 0.534 bits per heavy atom. The molecule has 6 heteroatoms. The van der Waals surface area contributed by atoms with Crippen molar-refractivity contribution in [2.75, 3.05) is 13.2 Å². The minimum atomic E-state index is -0.782. The maximum atomic E-state index is 12.8. The summed E-state index contributed by atoms with van der Waals surface area (Å²) in [6.45, 7) is 6.50. The molecule has 1 atom stereocenters. The standard InChI is InChI=1S/C67H112O6/c1-4-7-10-13-16-19-22-23-24-25-26-27-28-29-30-31-32-33-34-35-36-37-38-39-40-41-42-43-46-48-51-54-57-60-66(69)72-63-64(73-67(70)61-58-55-52-49-45-21-18-15-12-9-6-3)62-71-65(68)59-56-53-50-47-44-20-17-14-11-8-5-2/h7,10,16,19,23-24,26-27,29-30,32-33,35-36,38-39,41-42,64H,4-6,8-9,11-15,17-18,20-22,25,28,31,34,37,40,43-63H2,1-3H3/b10-7-,19-16-,24-23-,27-26-,30-29-,33-32-,36-35-,39-38-,42-41-. The highest BCUT2D eigenvalue weighted by Crippen LogP contribution is 2.15. The first-order valence-corrected chi connectivity index (χ1v) is 30.4. The molecule has 0 rings (SSSR count). The van der Waals surface area contributed by atoms with E-state index in [0.29, 0.717) is 19.3 Å². The predicted octanol–water partition coefficient (Wildman–Crippen LogP) is 20.7. The van der Waals surface area contributed by atoms with Gasteiger partial charge in [0.2, 0.25) is 0 Å². The molecule has 0 aliphatic carbocycles. The molecule has 0 spiro atoms. The number of unbranched alkanes of at least 4 members (excludes halogenated alkanes) is 25. The van der Waals surface area contributed by atoms with Crippen LogP contribution in [0.1, 0.15) is 278 Å². The van der Waals surface area contributed by atoms with Crippen LogP contribution < -0.4 is 0 Å². The minimum absolute atomic E-state index is 0.0808. The van der Waals surface area contributed by atoms with Crippen LogP contribution in [0.15, 0.2) is 109 Å². The molecule has 0 amide bonds. The average Bonchev–Trinajstić information content (AvgIpc) is 3.39. The Kier molecular flexibility index (Phi) is 57.4. The van der Waals surface area contributed by atoms with Gasteiger partial charge in [-0.1, -0.05) is 278 Å². The van der Waals surface area contributed by atoms with E-state index in [0.717, 1.165) is 135 Å². The summed E-state index contributed by atoms with van der Waals surface area (Å²) >= 11 is 0. The van der Waals surface area contributed by atoms with Crippen molar-refractivity contribution >= 4 is 17.9 Å². The Bertz CT molecular complexity index is 1490. The van der Waals surface area contributed by atoms with Crippen LogP contribution in [0, 0.1) is 0 Å². The summed E-state index contributed by atoms with van der Waals surface area (Å²) in [7, 11) is 0. The lowest BCUT2D eigenvalue weighted by Crippen LogP contribution is -2.30. The van der Waals surface area contributed by atoms with E-state index in [1.807, 2.05) is 0 Å². The fraction of sp³-hybridized carbons (Fsp3) is 0.687. The van der Waals surface area contributed by atoms with Crippen molar-refractivity contribution in [3.05, 3.63) is 109 Å². The molecule has 0 N–H and O–H groups in total. The molecular weight excluding hydrogens is 901 g/mol. The van der Waals surface area contributed by atoms with Gasteiger partial charge in [0, 0.05) is 19.3 Å². The van der Waals surface area contributed by atoms with E-state index in [-0.39, 0.29) is 31.1 Å². The van der Waals surface area contributed by atoms with Gasteiger partial charge in [0.25, 0.3) is 0 Å². The number of allylic oxidation sites excluding steroid dienone is 18. The summed E-state index contributed by atoms with van der Waals surface area (Å²) in [5.74, 6) is -0.899. The van der Waals surface area contributed by atoms with Crippen LogP contribution in [0.3, 0.4) is 0 Å². The summed E-state index contributed by atoms with van der Waals surface area (Å²) in [6.07, 6.45) is 82.4. The molecule has 73 heavy (non-hydrogen) atoms. The van der Waals surface area contributed by atoms with Gasteiger partial charge >= 0.3 is 17.9 Å². The molecule has 0 radical (unpaired) electrons. The SMILES string of the molecule is CC/C=C\C/C=C\C/C=C\C/C=C\C/C=C\C/C=C\C/C=C\C/C=C\C/C=C\CCCCCCCC(=O)OCC(COC(=O)CCCCCCCCCCCCC)OC(=O)CCCCCCCCCCCCC. The molecule has 0 fully saturated rings. The van der Waals surface area contributed by atoms with Crippen LogP contribution in [0.25, 0.3) is 0 Å². The number of hydrogen-bond donors (Lipinski definition) is 0. The van der Waals surface area contributed by atoms with Gasteiger partial charge in [0.05, 0.1) is 0 Å². The van der Waals surface area contributed by atoms with Crippen molar-refractivity contribution in [1.82, 2.24) is 0 Å². The molecule has 0 aromatic heterocycles. The molecule has 0 aromatic carbocycles. The zero-order valence-electron chi connectivity index (χ0n) is 47.6. The van der Waals surface area contributed by atoms with Crippen LogP contribution in [-0.2, 0) is 28.6 Å². The fourth-order valence-corrected chi connectivity index (χ4v) is 8.26. The van der Waals surface area contributed by atoms with Gasteiger partial charge in [-0.25, -0.2) is 0 Å². The number of carbonyl (C=O) groups excluding carboxylic acids is 3. The number of hydrogen-bond acceptors (Lipinski definition) is 6. The van der Waals surface area contributed by atoms with E-state index in [2.05, 4.69) is 130 Å². The molecule has 0 aliphatic heterocycles. The molecule has 0 bridgehead atoms. The first-order chi connectivity index (χ1) is 36.0. The van der Waals surface area contributed by atoms with Crippen LogP contribution in [-0.4, -0.2) is 37.2 Å². The Hall–Kier alpha value is -3.93. The zero-order chi connectivity index (χ0) is 52.9. The second-order valence-corrected chi connectivity index (χ2v) is 19.9. The zero-order valence-corrected chi connectivity index (χ0v) is 47.6. The second kappa shape index (κ2) is 60.6. The van der Waals surface area contributed by atoms with Crippen LogP contribution in [0.2, 0.25) is 0 Å². The number of rotatable bonds is 54. The second-order valence-electron chi connectivity index (χ2n) is 19.9. The Labute approximate surface area is 450 Å². The Morgan fingerprint density at radius 1 is 0.288 bits per heavy atom. The predicted molar refractivity (Wildman–Crippen MR) is 316 cm³/mol. The molecule has 6 nitrogen and oxygen atoms in total. The maximum absolute atomic E-state index is 12.8. The van der Waals surface area contributed by atoms with E-state index in [1.165, 1.54) is 103 Å². The van der Waals surface area contributed by atoms with Crippen molar-refractivity contribution in [1.29, 1.82) is 0 Å². The maximum Gasteiger partial charge on any atom is 0.306 e. The third-order valence-electron chi connectivity index (χ3n) is 12.8. The van der Waals surface area contributed by atoms with Gasteiger partial charge in [-0.2, -0.15) is 0 Å². The van der Waals surface area contributed by atoms with E-state index >= 15 is 0 Å². The summed E-state index contributed by atoms with van der Waals surface area (Å²) in [5.41, 5.74) is 0. The number of esters is 3. The largest absolute Gasteiger partial charge is 0.462 e. The molecule has 0 heterocycles. The van der Waals surface area contributed by atoms with Gasteiger partial charge in [0.15, 0.2) is 6.10 Å². The lowest BCUT2D eigenvalue weighted by atomic mass is 10.1. The molecule has 0 aromatic rings. The lowest BCUT2D eigenvalue weighted by Gasteiger charge is -2.18. The highest BCUT2D eigenvalue weighted by atomic mass is 16.6. The molecule has 0 saturated carbocycles. The van der Waals surface area contributed by atoms with Crippen molar-refractivity contribution < 1.29 is 28.6 Å². The highest BCUT2D eigenvalue weighted by molar-refractivity contribution is 5.71. The summed E-state index contributed by atoms with van der Waals surface area (Å²) in [6, 6.07) is 0. The van der Waals surface area contributed by atoms with Crippen LogP contribution in [0.5, 0.6) is 0 Å². The summed E-state index contributed by atoms with van der Waals surface area (Å²) in [4.78, 5) is 38.0. The van der Waals surface area contributed by atoms with Gasteiger partial charge < -0.3 is 14.2 Å². The lowest BCUT2D eigenvalue weighted by molar-refractivity contribution is -0.167. The van der Waals surface area contributed by atoms with Gasteiger partial charge in [-0.3, -0.25) is 14.4 Å². The summed E-state index contributed by atoms with van der Waals surface area (Å²) in [5, 5.41) is 0. The number of ether oxygens (including phenoxy) is 3. The monoisotopic (exact) mass is 1010 g/mol. The third-order valence-corrected chi connectivity index (χ3v) is 12.8. The molecule has 1 unspecified atom stereocenters. The van der Waals surface area contributed by atoms with Crippen LogP contribution in [0.4, 0.5) is 0 Å². The van der Waals surface area contributed by atoms with E-state index < -0.39 is 6.10 Å². The Morgan fingerprint density at radius 3 is 0.836 bits per heavy atom. The Balaban J connectivity index is 4.22. The third kappa shape index (κ3) is 58.8. The first-order valence-electron chi connectivity index (χ1n) is 30.4. The molecular formula is C67H112O6. The summed E-state index contributed by atoms with van der Waals surface area (Å²) < 4.78 is 16.8. The van der Waals surface area contributed by atoms with Crippen LogP contribution >= 0.6 is 0 Å². The van der Waals surface area contributed by atoms with Crippen molar-refractivity contribution in [2.45, 2.75) is 284 Å². The topological polar surface area (TPSA) is 78.9 Å². The fourth-order valence-electron chi connectivity index (χ4n) is 8.26. The first kappa shape index (κ1) is 69.1. The minimum Gasteiger partial charge on any atom is -0.462 e. The van der Waals surface area contributed by atoms with Gasteiger partial charge in [-0.15, -0.1) is 0 Å². The smallest absolute Gasteiger partial charge is 0.306 e. The highest BCUT2D eigenvalue weighted by Gasteiger charge is 2.19. The van der Waals surface area contributed by atoms with E-state index in [9.17, 15) is 14.4 Å². The quantitative estimate of drug-likeness (QED) is 0.0261. The van der Waals surface area contributed by atoms with E-state index in [4.69, 9.17) is 14.2 Å². The average molecular weight is 1010 g/mol. The normalized spacial score (nSPS) is 12.9. The number of carbonyl (C=O) groups is 3. The molecule has 0 aliphatic rings. The molecule has 0 saturated heterocycles. The van der Waals surface area contributed by atoms with E-state index in [1.54, 1.807) is 0 Å². The van der Waals surface area contributed by atoms with Gasteiger partial charge in [-0.05, 0) is 89.9 Å². The van der Waals surface area contributed by atoms with Crippen molar-refractivity contribution in [3.8, 4) is 0 Å². The van der Waals surface area contributed by atoms with Gasteiger partial charge in [0.1, 0.15) is 13.2 Å².